The van der Waals surface area contributed by atoms with Crippen molar-refractivity contribution >= 4 is 17.0 Å². The molecule has 136 valence electrons. The van der Waals surface area contributed by atoms with Crippen molar-refractivity contribution in [1.82, 2.24) is 4.57 Å². The topological polar surface area (TPSA) is 29.3 Å². The summed E-state index contributed by atoms with van der Waals surface area (Å²) in [4.78, 5) is 6.23. The van der Waals surface area contributed by atoms with E-state index in [9.17, 15) is 0 Å². The summed E-state index contributed by atoms with van der Waals surface area (Å²) < 4.78 is 2.29. The Balaban J connectivity index is 1.57. The van der Waals surface area contributed by atoms with Crippen LogP contribution in [0.2, 0.25) is 0 Å². The Morgan fingerprint density at radius 2 is 1.84 bits per heavy atom. The summed E-state index contributed by atoms with van der Waals surface area (Å²) in [6.07, 6.45) is 10.1. The van der Waals surface area contributed by atoms with Crippen LogP contribution < -0.4 is 10.1 Å². The lowest BCUT2D eigenvalue weighted by atomic mass is 10.1. The number of thiazole rings is 1. The average molecular weight is 358 g/mol. The number of hydrogen-bond donors (Lipinski definition) is 1. The second-order valence-electron chi connectivity index (χ2n) is 7.07. The van der Waals surface area contributed by atoms with E-state index in [1.807, 2.05) is 0 Å². The van der Waals surface area contributed by atoms with E-state index in [1.54, 1.807) is 11.3 Å². The van der Waals surface area contributed by atoms with Crippen molar-refractivity contribution in [3.05, 3.63) is 45.7 Å². The Morgan fingerprint density at radius 1 is 1.12 bits per heavy atom. The highest BCUT2D eigenvalue weighted by molar-refractivity contribution is 7.07. The van der Waals surface area contributed by atoms with Crippen LogP contribution in [0.25, 0.3) is 0 Å². The maximum atomic E-state index is 5.04. The largest absolute Gasteiger partial charge is 0.385 e. The number of anilines is 1. The summed E-state index contributed by atoms with van der Waals surface area (Å²) in [6, 6.07) is 9.31. The molecule has 1 aromatic carbocycles. The molecule has 0 bridgehead atoms. The predicted molar refractivity (Wildman–Crippen MR) is 108 cm³/mol. The summed E-state index contributed by atoms with van der Waals surface area (Å²) >= 11 is 1.80. The summed E-state index contributed by atoms with van der Waals surface area (Å²) in [7, 11) is 2.16. The zero-order valence-electron chi connectivity index (χ0n) is 15.6. The Hall–Kier alpha value is -1.55. The van der Waals surface area contributed by atoms with Crippen LogP contribution in [0.4, 0.5) is 5.69 Å². The molecule has 1 heterocycles. The first-order valence-corrected chi connectivity index (χ1v) is 10.6. The number of nitrogens with one attached hydrogen (secondary N) is 1. The van der Waals surface area contributed by atoms with Crippen LogP contribution >= 0.6 is 11.3 Å². The molecule has 1 N–H and O–H groups in total. The second kappa shape index (κ2) is 9.23. The minimum atomic E-state index is 0.537. The normalized spacial score (nSPS) is 16.8. The molecule has 0 saturated heterocycles. The fourth-order valence-corrected chi connectivity index (χ4v) is 4.48. The summed E-state index contributed by atoms with van der Waals surface area (Å²) in [5.41, 5.74) is 3.97. The second-order valence-corrected chi connectivity index (χ2v) is 7.91. The van der Waals surface area contributed by atoms with Gasteiger partial charge in [0.25, 0.3) is 0 Å². The van der Waals surface area contributed by atoms with Crippen LogP contribution in [0.3, 0.4) is 0 Å². The third kappa shape index (κ3) is 5.21. The van der Waals surface area contributed by atoms with Gasteiger partial charge in [-0.2, -0.15) is 0 Å². The lowest BCUT2D eigenvalue weighted by molar-refractivity contribution is 0.565. The van der Waals surface area contributed by atoms with Gasteiger partial charge in [0.1, 0.15) is 0 Å². The fraction of sp³-hybridized carbons (Fsp3) is 0.571. The van der Waals surface area contributed by atoms with E-state index >= 15 is 0 Å². The van der Waals surface area contributed by atoms with Gasteiger partial charge in [-0.15, -0.1) is 11.3 Å². The molecule has 0 amide bonds. The number of aromatic nitrogens is 1. The SMILES string of the molecule is CCc1ccc(NCCc2csc(=NC3CCCCCC3)n2C)cc1. The molecule has 2 aromatic rings. The maximum Gasteiger partial charge on any atom is 0.184 e. The highest BCUT2D eigenvalue weighted by atomic mass is 32.1. The van der Waals surface area contributed by atoms with Gasteiger partial charge in [0.05, 0.1) is 6.04 Å². The van der Waals surface area contributed by atoms with E-state index in [0.29, 0.717) is 6.04 Å². The van der Waals surface area contributed by atoms with Crippen LogP contribution in [0.1, 0.15) is 56.7 Å². The van der Waals surface area contributed by atoms with Crippen LogP contribution in [0.5, 0.6) is 0 Å². The first-order valence-electron chi connectivity index (χ1n) is 9.76. The lowest BCUT2D eigenvalue weighted by Crippen LogP contribution is -2.18. The molecule has 1 fully saturated rings. The zero-order valence-corrected chi connectivity index (χ0v) is 16.4. The first-order chi connectivity index (χ1) is 12.3. The van der Waals surface area contributed by atoms with Gasteiger partial charge in [0.2, 0.25) is 0 Å². The molecule has 4 heteroatoms. The van der Waals surface area contributed by atoms with Gasteiger partial charge >= 0.3 is 0 Å². The van der Waals surface area contributed by atoms with Gasteiger partial charge in [-0.25, -0.2) is 0 Å². The van der Waals surface area contributed by atoms with Crippen molar-refractivity contribution in [3.63, 3.8) is 0 Å². The van der Waals surface area contributed by atoms with Gasteiger partial charge in [0, 0.05) is 36.8 Å². The van der Waals surface area contributed by atoms with Gasteiger partial charge < -0.3 is 9.88 Å². The molecule has 1 aliphatic carbocycles. The molecule has 1 aliphatic rings. The molecule has 1 aromatic heterocycles. The third-order valence-electron chi connectivity index (χ3n) is 5.21. The highest BCUT2D eigenvalue weighted by Gasteiger charge is 2.11. The summed E-state index contributed by atoms with van der Waals surface area (Å²) in [6.45, 7) is 3.15. The Bertz CT molecular complexity index is 703. The molecule has 25 heavy (non-hydrogen) atoms. The number of hydrogen-bond acceptors (Lipinski definition) is 3. The van der Waals surface area contributed by atoms with E-state index < -0.39 is 0 Å². The molecular weight excluding hydrogens is 326 g/mol. The van der Waals surface area contributed by atoms with Crippen molar-refractivity contribution in [3.8, 4) is 0 Å². The average Bonchev–Trinajstić information content (AvgIpc) is 2.84. The van der Waals surface area contributed by atoms with Gasteiger partial charge in [-0.1, -0.05) is 44.7 Å². The van der Waals surface area contributed by atoms with Crippen LogP contribution in [-0.2, 0) is 19.9 Å². The molecular formula is C21H31N3S. The lowest BCUT2D eigenvalue weighted by Gasteiger charge is -2.09. The molecule has 0 aliphatic heterocycles. The van der Waals surface area contributed by atoms with E-state index in [-0.39, 0.29) is 0 Å². The predicted octanol–water partition coefficient (Wildman–Crippen LogP) is 4.93. The number of nitrogens with zero attached hydrogens (tertiary/aromatic N) is 2. The smallest absolute Gasteiger partial charge is 0.184 e. The number of aryl methyl sites for hydroxylation is 1. The van der Waals surface area contributed by atoms with Crippen LogP contribution in [0.15, 0.2) is 34.6 Å². The quantitative estimate of drug-likeness (QED) is 0.730. The minimum Gasteiger partial charge on any atom is -0.385 e. The van der Waals surface area contributed by atoms with Crippen molar-refractivity contribution in [2.45, 2.75) is 64.3 Å². The fourth-order valence-electron chi connectivity index (χ4n) is 3.48. The standard InChI is InChI=1S/C21H31N3S/c1-3-17-10-12-18(13-11-17)22-15-14-20-16-25-21(24(20)2)23-19-8-6-4-5-7-9-19/h10-13,16,19,22H,3-9,14-15H2,1-2H3. The molecule has 3 rings (SSSR count). The molecule has 0 unspecified atom stereocenters. The van der Waals surface area contributed by atoms with Crippen LogP contribution in [-0.4, -0.2) is 17.2 Å². The van der Waals surface area contributed by atoms with E-state index in [2.05, 4.69) is 53.5 Å². The Kier molecular flexibility index (Phi) is 6.74. The number of benzene rings is 1. The molecule has 0 radical (unpaired) electrons. The van der Waals surface area contributed by atoms with E-state index in [0.717, 1.165) is 19.4 Å². The first kappa shape index (κ1) is 18.2. The van der Waals surface area contributed by atoms with Gasteiger partial charge in [-0.3, -0.25) is 4.99 Å². The Morgan fingerprint density at radius 3 is 2.52 bits per heavy atom. The van der Waals surface area contributed by atoms with Crippen molar-refractivity contribution < 1.29 is 0 Å². The zero-order chi connectivity index (χ0) is 17.5. The highest BCUT2D eigenvalue weighted by Crippen LogP contribution is 2.19. The van der Waals surface area contributed by atoms with E-state index in [4.69, 9.17) is 4.99 Å². The van der Waals surface area contributed by atoms with Crippen LogP contribution in [0, 0.1) is 0 Å². The monoisotopic (exact) mass is 357 g/mol. The molecule has 3 nitrogen and oxygen atoms in total. The third-order valence-corrected chi connectivity index (χ3v) is 6.19. The summed E-state index contributed by atoms with van der Waals surface area (Å²) in [5.74, 6) is 0. The molecule has 0 atom stereocenters. The maximum absolute atomic E-state index is 5.04. The van der Waals surface area contributed by atoms with Gasteiger partial charge in [-0.05, 0) is 37.0 Å². The van der Waals surface area contributed by atoms with Crippen molar-refractivity contribution in [2.24, 2.45) is 12.0 Å². The number of rotatable bonds is 6. The summed E-state index contributed by atoms with van der Waals surface area (Å²) in [5, 5.41) is 5.81. The van der Waals surface area contributed by atoms with Crippen molar-refractivity contribution in [2.75, 3.05) is 11.9 Å². The molecule has 0 spiro atoms. The molecule has 1 saturated carbocycles. The van der Waals surface area contributed by atoms with Gasteiger partial charge in [0.15, 0.2) is 4.80 Å². The Labute approximate surface area is 155 Å². The minimum absolute atomic E-state index is 0.537. The van der Waals surface area contributed by atoms with E-state index in [1.165, 1.54) is 60.3 Å². The van der Waals surface area contributed by atoms with Crippen molar-refractivity contribution in [1.29, 1.82) is 0 Å².